The van der Waals surface area contributed by atoms with E-state index in [1.807, 2.05) is 19.1 Å². The van der Waals surface area contributed by atoms with Gasteiger partial charge in [-0.25, -0.2) is 4.98 Å². The molecule has 21 heavy (non-hydrogen) atoms. The largest absolute Gasteiger partial charge is 0.369 e. The van der Waals surface area contributed by atoms with Crippen LogP contribution in [-0.2, 0) is 0 Å². The molecular weight excluding hydrogens is 288 g/mol. The Morgan fingerprint density at radius 3 is 2.90 bits per heavy atom. The summed E-state index contributed by atoms with van der Waals surface area (Å²) in [4.78, 5) is 20.5. The van der Waals surface area contributed by atoms with Crippen LogP contribution in [0.1, 0.15) is 29.4 Å². The highest BCUT2D eigenvalue weighted by Gasteiger charge is 2.11. The maximum absolute atomic E-state index is 12.2. The Bertz CT molecular complexity index is 645. The van der Waals surface area contributed by atoms with Crippen LogP contribution in [0.25, 0.3) is 0 Å². The van der Waals surface area contributed by atoms with Gasteiger partial charge >= 0.3 is 0 Å². The van der Waals surface area contributed by atoms with Gasteiger partial charge in [-0.15, -0.1) is 0 Å². The average molecular weight is 305 g/mol. The number of hydrogen-bond acceptors (Lipinski definition) is 4. The number of aromatic nitrogens is 2. The molecule has 0 unspecified atom stereocenters. The van der Waals surface area contributed by atoms with E-state index in [0.29, 0.717) is 16.5 Å². The van der Waals surface area contributed by atoms with Gasteiger partial charge in [-0.05, 0) is 31.0 Å². The van der Waals surface area contributed by atoms with Crippen molar-refractivity contribution >= 4 is 29.0 Å². The van der Waals surface area contributed by atoms with Crippen molar-refractivity contribution in [2.24, 2.45) is 0 Å². The molecule has 5 nitrogen and oxygen atoms in total. The number of carbonyl (C=O) groups is 1. The van der Waals surface area contributed by atoms with Gasteiger partial charge < -0.3 is 10.6 Å². The van der Waals surface area contributed by atoms with Crippen molar-refractivity contribution in [1.82, 2.24) is 9.97 Å². The van der Waals surface area contributed by atoms with Crippen molar-refractivity contribution in [1.29, 1.82) is 0 Å². The second-order valence-corrected chi connectivity index (χ2v) is 5.06. The summed E-state index contributed by atoms with van der Waals surface area (Å²) < 4.78 is 0. The molecule has 0 aliphatic rings. The minimum Gasteiger partial charge on any atom is -0.369 e. The zero-order chi connectivity index (χ0) is 15.2. The normalized spacial score (nSPS) is 10.2. The first kappa shape index (κ1) is 15.3. The highest BCUT2D eigenvalue weighted by molar-refractivity contribution is 6.33. The van der Waals surface area contributed by atoms with Crippen molar-refractivity contribution in [3.8, 4) is 0 Å². The fraction of sp³-hybridized carbons (Fsp3) is 0.267. The Balaban J connectivity index is 2.14. The second kappa shape index (κ2) is 7.04. The fourth-order valence-corrected chi connectivity index (χ4v) is 1.90. The third-order valence-electron chi connectivity index (χ3n) is 2.79. The molecule has 0 radical (unpaired) electrons. The van der Waals surface area contributed by atoms with E-state index in [-0.39, 0.29) is 11.6 Å². The number of amides is 1. The Morgan fingerprint density at radius 1 is 1.33 bits per heavy atom. The lowest BCUT2D eigenvalue weighted by Gasteiger charge is -2.09. The van der Waals surface area contributed by atoms with Gasteiger partial charge in [-0.1, -0.05) is 24.6 Å². The summed E-state index contributed by atoms with van der Waals surface area (Å²) in [6.45, 7) is 4.77. The van der Waals surface area contributed by atoms with Gasteiger partial charge in [0.25, 0.3) is 5.91 Å². The number of rotatable bonds is 5. The molecule has 1 aromatic carbocycles. The Labute approximate surface area is 128 Å². The Hall–Kier alpha value is -2.14. The average Bonchev–Trinajstić information content (AvgIpc) is 2.49. The molecule has 6 heteroatoms. The van der Waals surface area contributed by atoms with E-state index in [9.17, 15) is 4.79 Å². The van der Waals surface area contributed by atoms with Crippen molar-refractivity contribution in [3.63, 3.8) is 0 Å². The Kier molecular flexibility index (Phi) is 5.11. The first-order valence-corrected chi connectivity index (χ1v) is 7.11. The van der Waals surface area contributed by atoms with Crippen molar-refractivity contribution in [2.75, 3.05) is 17.2 Å². The molecule has 1 aromatic heterocycles. The molecule has 0 bridgehead atoms. The van der Waals surface area contributed by atoms with Crippen molar-refractivity contribution in [2.45, 2.75) is 20.3 Å². The standard InChI is InChI=1S/C15H17ClN4O/c1-3-6-18-14-9-17-8-13(19-14)15(21)20-12-7-10(2)4-5-11(12)16/h4-5,7-9H,3,6H2,1-2H3,(H,18,19)(H,20,21). The SMILES string of the molecule is CCCNc1cncc(C(=O)Nc2cc(C)ccc2Cl)n1. The van der Waals surface area contributed by atoms with Gasteiger partial charge in [0.1, 0.15) is 11.5 Å². The lowest BCUT2D eigenvalue weighted by atomic mass is 10.2. The van der Waals surface area contributed by atoms with Crippen LogP contribution in [0.4, 0.5) is 11.5 Å². The molecule has 2 aromatic rings. The zero-order valence-corrected chi connectivity index (χ0v) is 12.7. The first-order valence-electron chi connectivity index (χ1n) is 6.73. The molecule has 1 heterocycles. The predicted molar refractivity (Wildman–Crippen MR) is 85.0 cm³/mol. The van der Waals surface area contributed by atoms with Crippen LogP contribution < -0.4 is 10.6 Å². The molecule has 0 saturated carbocycles. The summed E-state index contributed by atoms with van der Waals surface area (Å²) in [5, 5.41) is 6.33. The van der Waals surface area contributed by atoms with Crippen molar-refractivity contribution in [3.05, 3.63) is 46.9 Å². The van der Waals surface area contributed by atoms with E-state index < -0.39 is 0 Å². The van der Waals surface area contributed by atoms with Gasteiger partial charge in [-0.3, -0.25) is 9.78 Å². The molecule has 0 saturated heterocycles. The van der Waals surface area contributed by atoms with Gasteiger partial charge in [0, 0.05) is 6.54 Å². The first-order chi connectivity index (χ1) is 10.1. The predicted octanol–water partition coefficient (Wildman–Crippen LogP) is 3.51. The van der Waals surface area contributed by atoms with Gasteiger partial charge in [0.15, 0.2) is 0 Å². The fourth-order valence-electron chi connectivity index (χ4n) is 1.73. The van der Waals surface area contributed by atoms with E-state index in [0.717, 1.165) is 18.5 Å². The molecule has 2 rings (SSSR count). The van der Waals surface area contributed by atoms with Crippen LogP contribution in [-0.4, -0.2) is 22.4 Å². The molecule has 110 valence electrons. The molecule has 0 aliphatic carbocycles. The topological polar surface area (TPSA) is 66.9 Å². The van der Waals surface area contributed by atoms with Gasteiger partial charge in [0.05, 0.1) is 23.1 Å². The summed E-state index contributed by atoms with van der Waals surface area (Å²) in [5.41, 5.74) is 1.82. The van der Waals surface area contributed by atoms with E-state index >= 15 is 0 Å². The van der Waals surface area contributed by atoms with Crippen LogP contribution in [0.3, 0.4) is 0 Å². The molecule has 2 N–H and O–H groups in total. The molecule has 0 atom stereocenters. The Morgan fingerprint density at radius 2 is 2.14 bits per heavy atom. The highest BCUT2D eigenvalue weighted by Crippen LogP contribution is 2.23. The second-order valence-electron chi connectivity index (χ2n) is 4.65. The number of anilines is 2. The minimum atomic E-state index is -0.338. The number of benzene rings is 1. The van der Waals surface area contributed by atoms with Crippen LogP contribution in [0.2, 0.25) is 5.02 Å². The van der Waals surface area contributed by atoms with Crippen LogP contribution in [0.15, 0.2) is 30.6 Å². The maximum Gasteiger partial charge on any atom is 0.275 e. The number of carbonyl (C=O) groups excluding carboxylic acids is 1. The number of nitrogens with zero attached hydrogens (tertiary/aromatic N) is 2. The smallest absolute Gasteiger partial charge is 0.275 e. The molecular formula is C15H17ClN4O. The highest BCUT2D eigenvalue weighted by atomic mass is 35.5. The molecule has 0 aliphatic heterocycles. The number of hydrogen-bond donors (Lipinski definition) is 2. The summed E-state index contributed by atoms with van der Waals surface area (Å²) in [5.74, 6) is 0.245. The van der Waals surface area contributed by atoms with Crippen molar-refractivity contribution < 1.29 is 4.79 Å². The summed E-state index contributed by atoms with van der Waals surface area (Å²) in [7, 11) is 0. The van der Waals surface area contributed by atoms with Crippen LogP contribution >= 0.6 is 11.6 Å². The summed E-state index contributed by atoms with van der Waals surface area (Å²) >= 11 is 6.06. The lowest BCUT2D eigenvalue weighted by molar-refractivity contribution is 0.102. The quantitative estimate of drug-likeness (QED) is 0.887. The maximum atomic E-state index is 12.2. The van der Waals surface area contributed by atoms with Crippen LogP contribution in [0, 0.1) is 6.92 Å². The molecule has 0 fully saturated rings. The van der Waals surface area contributed by atoms with E-state index in [1.165, 1.54) is 6.20 Å². The van der Waals surface area contributed by atoms with E-state index in [4.69, 9.17) is 11.6 Å². The molecule has 1 amide bonds. The number of nitrogens with one attached hydrogen (secondary N) is 2. The monoisotopic (exact) mass is 304 g/mol. The van der Waals surface area contributed by atoms with Crippen LogP contribution in [0.5, 0.6) is 0 Å². The molecule has 0 spiro atoms. The van der Waals surface area contributed by atoms with Gasteiger partial charge in [-0.2, -0.15) is 0 Å². The number of halogens is 1. The summed E-state index contributed by atoms with van der Waals surface area (Å²) in [6.07, 6.45) is 3.99. The number of aryl methyl sites for hydroxylation is 1. The summed E-state index contributed by atoms with van der Waals surface area (Å²) in [6, 6.07) is 5.44. The lowest BCUT2D eigenvalue weighted by Crippen LogP contribution is -2.15. The third-order valence-corrected chi connectivity index (χ3v) is 3.12. The van der Waals surface area contributed by atoms with Gasteiger partial charge in [0.2, 0.25) is 0 Å². The minimum absolute atomic E-state index is 0.244. The third kappa shape index (κ3) is 4.16. The van der Waals surface area contributed by atoms with E-state index in [2.05, 4.69) is 27.5 Å². The van der Waals surface area contributed by atoms with E-state index in [1.54, 1.807) is 12.3 Å². The zero-order valence-electron chi connectivity index (χ0n) is 12.0.